The molecule has 1 aromatic rings. The van der Waals surface area contributed by atoms with Crippen molar-refractivity contribution in [2.75, 3.05) is 53.4 Å². The monoisotopic (exact) mass is 529 g/mol. The summed E-state index contributed by atoms with van der Waals surface area (Å²) in [7, 11) is 3.48. The first-order valence-corrected chi connectivity index (χ1v) is 10.7. The minimum Gasteiger partial charge on any atom is -0.496 e. The molecule has 0 unspecified atom stereocenters. The van der Waals surface area contributed by atoms with Gasteiger partial charge in [-0.15, -0.1) is 24.0 Å². The molecule has 168 valence electrons. The second-order valence-corrected chi connectivity index (χ2v) is 7.96. The van der Waals surface area contributed by atoms with Gasteiger partial charge >= 0.3 is 0 Å². The molecule has 1 aliphatic carbocycles. The van der Waals surface area contributed by atoms with Crippen molar-refractivity contribution in [2.45, 2.75) is 32.7 Å². The largest absolute Gasteiger partial charge is 0.496 e. The van der Waals surface area contributed by atoms with E-state index >= 15 is 0 Å². The highest BCUT2D eigenvalue weighted by Gasteiger charge is 2.30. The molecule has 8 heteroatoms. The number of carbonyl (C=O) groups is 1. The van der Waals surface area contributed by atoms with Gasteiger partial charge in [-0.1, -0.05) is 18.6 Å². The summed E-state index contributed by atoms with van der Waals surface area (Å²) in [6.07, 6.45) is 3.39. The number of amides is 1. The topological polar surface area (TPSA) is 69.2 Å². The number of benzene rings is 1. The molecule has 30 heavy (non-hydrogen) atoms. The predicted molar refractivity (Wildman–Crippen MR) is 132 cm³/mol. The van der Waals surface area contributed by atoms with Crippen LogP contribution in [-0.4, -0.2) is 75.1 Å². The van der Waals surface area contributed by atoms with E-state index in [1.807, 2.05) is 6.07 Å². The highest BCUT2D eigenvalue weighted by atomic mass is 127. The summed E-state index contributed by atoms with van der Waals surface area (Å²) in [4.78, 5) is 21.1. The maximum atomic E-state index is 12.3. The van der Waals surface area contributed by atoms with Crippen molar-refractivity contribution in [2.24, 2.45) is 10.9 Å². The zero-order valence-corrected chi connectivity index (χ0v) is 20.8. The number of aryl methyl sites for hydroxylation is 1. The lowest BCUT2D eigenvalue weighted by Crippen LogP contribution is -2.52. The lowest BCUT2D eigenvalue weighted by atomic mass is 9.84. The van der Waals surface area contributed by atoms with Gasteiger partial charge in [-0.05, 0) is 31.4 Å². The Kier molecular flexibility index (Phi) is 10.2. The van der Waals surface area contributed by atoms with Crippen LogP contribution in [0.1, 0.15) is 30.4 Å². The maximum absolute atomic E-state index is 12.3. The second kappa shape index (κ2) is 12.3. The standard InChI is InChI=1S/C22H35N5O2.HI/c1-17-7-8-19(20(15-17)29-3)16-25-22(23-2)24-9-10-26-11-13-27(14-12-26)21(28)18-5-4-6-18;/h7-8,15,18H,4-6,9-14,16H2,1-3H3,(H2,23,24,25);1H. The quantitative estimate of drug-likeness (QED) is 0.322. The van der Waals surface area contributed by atoms with Crippen molar-refractivity contribution in [1.82, 2.24) is 20.4 Å². The van der Waals surface area contributed by atoms with Crippen LogP contribution in [0.4, 0.5) is 0 Å². The van der Waals surface area contributed by atoms with E-state index < -0.39 is 0 Å². The summed E-state index contributed by atoms with van der Waals surface area (Å²) in [6.45, 7) is 8.10. The van der Waals surface area contributed by atoms with Crippen LogP contribution in [0.25, 0.3) is 0 Å². The van der Waals surface area contributed by atoms with Crippen molar-refractivity contribution >= 4 is 35.8 Å². The van der Waals surface area contributed by atoms with Crippen molar-refractivity contribution < 1.29 is 9.53 Å². The van der Waals surface area contributed by atoms with Crippen LogP contribution < -0.4 is 15.4 Å². The van der Waals surface area contributed by atoms with Gasteiger partial charge < -0.3 is 20.3 Å². The average molecular weight is 529 g/mol. The minimum absolute atomic E-state index is 0. The first-order valence-electron chi connectivity index (χ1n) is 10.7. The molecule has 2 N–H and O–H groups in total. The summed E-state index contributed by atoms with van der Waals surface area (Å²) in [5, 5.41) is 6.73. The number of aliphatic imine (C=N–C) groups is 1. The molecule has 0 aromatic heterocycles. The second-order valence-electron chi connectivity index (χ2n) is 7.96. The number of nitrogens with zero attached hydrogens (tertiary/aromatic N) is 3. The van der Waals surface area contributed by atoms with Gasteiger partial charge in [-0.2, -0.15) is 0 Å². The van der Waals surface area contributed by atoms with Crippen LogP contribution in [0, 0.1) is 12.8 Å². The number of guanidine groups is 1. The van der Waals surface area contributed by atoms with Gasteiger partial charge in [-0.25, -0.2) is 0 Å². The molecule has 3 rings (SSSR count). The van der Waals surface area contributed by atoms with Crippen molar-refractivity contribution in [3.63, 3.8) is 0 Å². The molecule has 0 spiro atoms. The number of hydrogen-bond acceptors (Lipinski definition) is 4. The van der Waals surface area contributed by atoms with Crippen molar-refractivity contribution in [3.8, 4) is 5.75 Å². The molecule has 1 amide bonds. The summed E-state index contributed by atoms with van der Waals surface area (Å²) in [5.41, 5.74) is 2.29. The molecule has 1 heterocycles. The number of piperazine rings is 1. The normalized spacial score (nSPS) is 17.7. The van der Waals surface area contributed by atoms with Gasteiger partial charge in [-0.3, -0.25) is 14.7 Å². The third-order valence-electron chi connectivity index (χ3n) is 5.97. The fourth-order valence-corrected chi connectivity index (χ4v) is 3.84. The van der Waals surface area contributed by atoms with E-state index in [2.05, 4.69) is 44.5 Å². The zero-order valence-electron chi connectivity index (χ0n) is 18.4. The summed E-state index contributed by atoms with van der Waals surface area (Å²) < 4.78 is 5.47. The first-order chi connectivity index (χ1) is 14.1. The van der Waals surface area contributed by atoms with E-state index in [1.165, 1.54) is 12.0 Å². The number of hydrogen-bond donors (Lipinski definition) is 2. The van der Waals surface area contributed by atoms with Crippen LogP contribution >= 0.6 is 24.0 Å². The van der Waals surface area contributed by atoms with Crippen LogP contribution in [0.3, 0.4) is 0 Å². The molecule has 0 radical (unpaired) electrons. The van der Waals surface area contributed by atoms with E-state index in [9.17, 15) is 4.79 Å². The minimum atomic E-state index is 0. The maximum Gasteiger partial charge on any atom is 0.225 e. The molecule has 1 aromatic carbocycles. The Morgan fingerprint density at radius 1 is 1.20 bits per heavy atom. The van der Waals surface area contributed by atoms with Gasteiger partial charge in [0.2, 0.25) is 5.91 Å². The number of carbonyl (C=O) groups excluding carboxylic acids is 1. The Bertz CT molecular complexity index is 715. The lowest BCUT2D eigenvalue weighted by molar-refractivity contribution is -0.139. The Labute approximate surface area is 197 Å². The number of halogens is 1. The average Bonchev–Trinajstić information content (AvgIpc) is 2.70. The molecular formula is C22H36IN5O2. The lowest BCUT2D eigenvalue weighted by Gasteiger charge is -2.38. The van der Waals surface area contributed by atoms with E-state index in [4.69, 9.17) is 4.74 Å². The molecule has 2 aliphatic rings. The van der Waals surface area contributed by atoms with E-state index in [0.717, 1.165) is 69.4 Å². The summed E-state index contributed by atoms with van der Waals surface area (Å²) in [6, 6.07) is 6.21. The van der Waals surface area contributed by atoms with Gasteiger partial charge in [0.05, 0.1) is 7.11 Å². The molecule has 0 bridgehead atoms. The Hall–Kier alpha value is -1.55. The van der Waals surface area contributed by atoms with Gasteiger partial charge in [0, 0.05) is 64.3 Å². The van der Waals surface area contributed by atoms with Crippen LogP contribution in [-0.2, 0) is 11.3 Å². The predicted octanol–water partition coefficient (Wildman–Crippen LogP) is 2.23. The SMILES string of the molecule is CN=C(NCCN1CCN(C(=O)C2CCC2)CC1)NCc1ccc(C)cc1OC.I. The van der Waals surface area contributed by atoms with Crippen LogP contribution in [0.2, 0.25) is 0 Å². The van der Waals surface area contributed by atoms with Crippen LogP contribution in [0.5, 0.6) is 5.75 Å². The Balaban J connectivity index is 0.00000320. The number of nitrogens with one attached hydrogen (secondary N) is 2. The smallest absolute Gasteiger partial charge is 0.225 e. The molecule has 2 fully saturated rings. The highest BCUT2D eigenvalue weighted by molar-refractivity contribution is 14.0. The number of rotatable bonds is 7. The van der Waals surface area contributed by atoms with E-state index in [1.54, 1.807) is 14.2 Å². The number of ether oxygens (including phenoxy) is 1. The third kappa shape index (κ3) is 6.73. The highest BCUT2D eigenvalue weighted by Crippen LogP contribution is 2.28. The third-order valence-corrected chi connectivity index (χ3v) is 5.97. The van der Waals surface area contributed by atoms with Crippen molar-refractivity contribution in [3.05, 3.63) is 29.3 Å². The van der Waals surface area contributed by atoms with E-state index in [-0.39, 0.29) is 24.0 Å². The van der Waals surface area contributed by atoms with Crippen molar-refractivity contribution in [1.29, 1.82) is 0 Å². The first kappa shape index (κ1) is 24.7. The van der Waals surface area contributed by atoms with Gasteiger partial charge in [0.15, 0.2) is 5.96 Å². The molecule has 7 nitrogen and oxygen atoms in total. The summed E-state index contributed by atoms with van der Waals surface area (Å²) in [5.74, 6) is 2.36. The van der Waals surface area contributed by atoms with Gasteiger partial charge in [0.25, 0.3) is 0 Å². The molecule has 1 aliphatic heterocycles. The molecule has 0 atom stereocenters. The number of methoxy groups -OCH3 is 1. The molecule has 1 saturated carbocycles. The molecular weight excluding hydrogens is 493 g/mol. The fourth-order valence-electron chi connectivity index (χ4n) is 3.84. The Morgan fingerprint density at radius 2 is 1.93 bits per heavy atom. The molecule has 1 saturated heterocycles. The Morgan fingerprint density at radius 3 is 2.53 bits per heavy atom. The zero-order chi connectivity index (χ0) is 20.6. The van der Waals surface area contributed by atoms with Gasteiger partial charge in [0.1, 0.15) is 5.75 Å². The van der Waals surface area contributed by atoms with Crippen LogP contribution in [0.15, 0.2) is 23.2 Å². The fraction of sp³-hybridized carbons (Fsp3) is 0.636. The summed E-state index contributed by atoms with van der Waals surface area (Å²) >= 11 is 0. The van der Waals surface area contributed by atoms with E-state index in [0.29, 0.717) is 18.4 Å².